The second-order valence-corrected chi connectivity index (χ2v) is 9.09. The molecular formula is C4H12O3PS2+. The monoisotopic (exact) mass is 203 g/mol. The molecular weight excluding hydrogens is 191 g/mol. The lowest BCUT2D eigenvalue weighted by Gasteiger charge is -2.03. The molecule has 6 heteroatoms. The number of rotatable bonds is 4. The first-order valence-corrected chi connectivity index (χ1v) is 7.71. The fraction of sp³-hybridized carbons (Fsp3) is 1.00. The molecule has 0 aromatic rings. The van der Waals surface area contributed by atoms with Crippen LogP contribution in [0.25, 0.3) is 0 Å². The Morgan fingerprint density at radius 3 is 2.40 bits per heavy atom. The van der Waals surface area contributed by atoms with Gasteiger partial charge in [0.15, 0.2) is 0 Å². The van der Waals surface area contributed by atoms with E-state index in [-0.39, 0.29) is 0 Å². The van der Waals surface area contributed by atoms with Crippen LogP contribution in [-0.4, -0.2) is 22.6 Å². The largest absolute Gasteiger partial charge is 0.427 e. The zero-order chi connectivity index (χ0) is 8.20. The molecule has 0 saturated heterocycles. The van der Waals surface area contributed by atoms with Crippen LogP contribution in [0.3, 0.4) is 0 Å². The predicted octanol–water partition coefficient (Wildman–Crippen LogP) is 0.785. The van der Waals surface area contributed by atoms with Crippen LogP contribution in [0.5, 0.6) is 0 Å². The third-order valence-corrected chi connectivity index (χ3v) is 6.19. The first-order chi connectivity index (χ1) is 4.48. The number of hydrogen-bond acceptors (Lipinski definition) is 2. The summed E-state index contributed by atoms with van der Waals surface area (Å²) >= 11 is 4.43. The maximum absolute atomic E-state index is 8.88. The molecule has 1 atom stereocenters. The van der Waals surface area contributed by atoms with Crippen molar-refractivity contribution in [1.29, 1.82) is 0 Å². The summed E-state index contributed by atoms with van der Waals surface area (Å²) < 4.78 is 5.03. The van der Waals surface area contributed by atoms with E-state index in [4.69, 9.17) is 14.0 Å². The molecule has 0 aliphatic rings. The van der Waals surface area contributed by atoms with E-state index >= 15 is 0 Å². The summed E-state index contributed by atoms with van der Waals surface area (Å²) in [5.74, 6) is 0. The van der Waals surface area contributed by atoms with Crippen molar-refractivity contribution in [1.82, 2.24) is 0 Å². The lowest BCUT2D eigenvalue weighted by Crippen LogP contribution is -2.04. The van der Waals surface area contributed by atoms with E-state index in [9.17, 15) is 0 Å². The van der Waals surface area contributed by atoms with Gasteiger partial charge in [-0.2, -0.15) is 4.18 Å². The Morgan fingerprint density at radius 2 is 2.10 bits per heavy atom. The van der Waals surface area contributed by atoms with Gasteiger partial charge in [0.25, 0.3) is 0 Å². The standard InChI is InChI=1S/C4H11O3PS2/c1-3-4-7-10(2)8(5,6)9/h3-4H2,1-2H3,(H-,5,6,9)/p+1. The molecule has 0 spiro atoms. The van der Waals surface area contributed by atoms with E-state index in [1.807, 2.05) is 6.92 Å². The zero-order valence-electron chi connectivity index (χ0n) is 5.98. The van der Waals surface area contributed by atoms with Gasteiger partial charge in [-0.05, 0) is 6.42 Å². The normalized spacial score (nSPS) is 15.2. The van der Waals surface area contributed by atoms with Crippen LogP contribution in [0.4, 0.5) is 0 Å². The molecule has 0 aliphatic carbocycles. The van der Waals surface area contributed by atoms with Crippen LogP contribution < -0.4 is 0 Å². The first kappa shape index (κ1) is 10.9. The summed E-state index contributed by atoms with van der Waals surface area (Å²) in [5, 5.41) is 0. The minimum atomic E-state index is -3.15. The van der Waals surface area contributed by atoms with Crippen LogP contribution in [0, 0.1) is 0 Å². The first-order valence-electron chi connectivity index (χ1n) is 2.84. The van der Waals surface area contributed by atoms with Crippen LogP contribution in [0.1, 0.15) is 13.3 Å². The Labute approximate surface area is 68.9 Å². The SMILES string of the molecule is CCCO[S+](C)P(O)(O)=S. The fourth-order valence-electron chi connectivity index (χ4n) is 0.273. The summed E-state index contributed by atoms with van der Waals surface area (Å²) in [4.78, 5) is 17.8. The van der Waals surface area contributed by atoms with Crippen molar-refractivity contribution in [2.75, 3.05) is 12.9 Å². The summed E-state index contributed by atoms with van der Waals surface area (Å²) in [6.07, 6.45) is 2.48. The Hall–Kier alpha value is 0.880. The molecule has 0 heterocycles. The Morgan fingerprint density at radius 1 is 1.60 bits per heavy atom. The van der Waals surface area contributed by atoms with E-state index in [0.29, 0.717) is 6.61 Å². The third-order valence-electron chi connectivity index (χ3n) is 0.793. The summed E-state index contributed by atoms with van der Waals surface area (Å²) in [5.41, 5.74) is -3.15. The van der Waals surface area contributed by atoms with E-state index in [1.165, 1.54) is 0 Å². The highest BCUT2D eigenvalue weighted by Gasteiger charge is 2.32. The fourth-order valence-corrected chi connectivity index (χ4v) is 1.84. The molecule has 0 saturated carbocycles. The quantitative estimate of drug-likeness (QED) is 0.524. The van der Waals surface area contributed by atoms with Crippen LogP contribution in [0.15, 0.2) is 0 Å². The van der Waals surface area contributed by atoms with E-state index in [1.54, 1.807) is 6.26 Å². The molecule has 0 aromatic carbocycles. The highest BCUT2D eigenvalue weighted by molar-refractivity contribution is 8.62. The summed E-state index contributed by atoms with van der Waals surface area (Å²) in [7, 11) is -0.850. The minimum absolute atomic E-state index is 0.541. The summed E-state index contributed by atoms with van der Waals surface area (Å²) in [6.45, 7) is 2.49. The van der Waals surface area contributed by atoms with Crippen molar-refractivity contribution in [2.45, 2.75) is 13.3 Å². The van der Waals surface area contributed by atoms with Gasteiger partial charge in [0.1, 0.15) is 12.9 Å². The van der Waals surface area contributed by atoms with Crippen LogP contribution >= 0.6 is 5.69 Å². The molecule has 0 fully saturated rings. The van der Waals surface area contributed by atoms with Crippen molar-refractivity contribution in [3.63, 3.8) is 0 Å². The molecule has 3 nitrogen and oxygen atoms in total. The molecule has 10 heavy (non-hydrogen) atoms. The Bertz CT molecular complexity index is 134. The highest BCUT2D eigenvalue weighted by atomic mass is 32.9. The van der Waals surface area contributed by atoms with Crippen molar-refractivity contribution in [3.05, 3.63) is 0 Å². The molecule has 0 bridgehead atoms. The van der Waals surface area contributed by atoms with Gasteiger partial charge < -0.3 is 9.79 Å². The highest BCUT2D eigenvalue weighted by Crippen LogP contribution is 2.44. The smallest absolute Gasteiger partial charge is 0.305 e. The lowest BCUT2D eigenvalue weighted by atomic mass is 10.5. The molecule has 1 unspecified atom stereocenters. The molecule has 2 N–H and O–H groups in total. The lowest BCUT2D eigenvalue weighted by molar-refractivity contribution is 0.364. The molecule has 62 valence electrons. The Kier molecular flexibility index (Phi) is 5.11. The average molecular weight is 203 g/mol. The van der Waals surface area contributed by atoms with Crippen molar-refractivity contribution < 1.29 is 14.0 Å². The van der Waals surface area contributed by atoms with Crippen LogP contribution in [-0.2, 0) is 26.8 Å². The predicted molar refractivity (Wildman–Crippen MR) is 48.3 cm³/mol. The van der Waals surface area contributed by atoms with Gasteiger partial charge in [-0.1, -0.05) is 6.92 Å². The second kappa shape index (κ2) is 4.70. The van der Waals surface area contributed by atoms with Gasteiger partial charge in [-0.25, -0.2) is 0 Å². The van der Waals surface area contributed by atoms with Gasteiger partial charge in [-0.3, -0.25) is 0 Å². The third kappa shape index (κ3) is 4.66. The molecule has 0 radical (unpaired) electrons. The van der Waals surface area contributed by atoms with Gasteiger partial charge >= 0.3 is 5.69 Å². The molecule has 0 aromatic heterocycles. The molecule has 0 aliphatic heterocycles. The van der Waals surface area contributed by atoms with Crippen molar-refractivity contribution >= 4 is 28.3 Å². The van der Waals surface area contributed by atoms with Crippen molar-refractivity contribution in [3.8, 4) is 0 Å². The average Bonchev–Trinajstić information content (AvgIpc) is 1.80. The zero-order valence-corrected chi connectivity index (χ0v) is 8.51. The maximum atomic E-state index is 8.88. The summed E-state index contributed by atoms with van der Waals surface area (Å²) in [6, 6.07) is 0. The van der Waals surface area contributed by atoms with Crippen molar-refractivity contribution in [2.24, 2.45) is 0 Å². The van der Waals surface area contributed by atoms with Gasteiger partial charge in [0, 0.05) is 11.8 Å². The van der Waals surface area contributed by atoms with Gasteiger partial charge in [0.2, 0.25) is 10.8 Å². The second-order valence-electron chi connectivity index (χ2n) is 1.74. The van der Waals surface area contributed by atoms with E-state index in [2.05, 4.69) is 11.8 Å². The van der Waals surface area contributed by atoms with Gasteiger partial charge in [0.05, 0.1) is 0 Å². The molecule has 0 rings (SSSR count). The van der Waals surface area contributed by atoms with Crippen LogP contribution in [0.2, 0.25) is 0 Å². The topological polar surface area (TPSA) is 49.7 Å². The minimum Gasteiger partial charge on any atom is -0.305 e. The molecule has 0 amide bonds. The number of hydrogen-bond donors (Lipinski definition) is 2. The Balaban J connectivity index is 3.63. The maximum Gasteiger partial charge on any atom is 0.427 e. The van der Waals surface area contributed by atoms with Gasteiger partial charge in [-0.15, -0.1) is 0 Å². The van der Waals surface area contributed by atoms with E-state index in [0.717, 1.165) is 6.42 Å². The van der Waals surface area contributed by atoms with E-state index < -0.39 is 16.5 Å².